The molecule has 0 aromatic heterocycles. The smallest absolute Gasteiger partial charge is 0.216 e. The average molecular weight is 311 g/mol. The van der Waals surface area contributed by atoms with Gasteiger partial charge in [0.25, 0.3) is 0 Å². The van der Waals surface area contributed by atoms with Gasteiger partial charge in [-0.3, -0.25) is 4.79 Å². The van der Waals surface area contributed by atoms with E-state index in [2.05, 4.69) is 15.5 Å². The lowest BCUT2D eigenvalue weighted by Crippen LogP contribution is -2.36. The Labute approximate surface area is 129 Å². The molecular formula is C15H22FN3O3. The Morgan fingerprint density at radius 3 is 2.77 bits per heavy atom. The number of carbonyl (C=O) groups excluding carboxylic acids is 1. The van der Waals surface area contributed by atoms with E-state index < -0.39 is 6.10 Å². The minimum absolute atomic E-state index is 0.135. The van der Waals surface area contributed by atoms with Crippen LogP contribution in [0.4, 0.5) is 15.8 Å². The third-order valence-electron chi connectivity index (χ3n) is 3.44. The van der Waals surface area contributed by atoms with Gasteiger partial charge in [-0.2, -0.15) is 0 Å². The lowest BCUT2D eigenvalue weighted by Gasteiger charge is -2.29. The summed E-state index contributed by atoms with van der Waals surface area (Å²) in [5, 5.41) is 15.0. The van der Waals surface area contributed by atoms with E-state index in [0.29, 0.717) is 18.9 Å². The minimum atomic E-state index is -0.776. The number of hydrogen-bond acceptors (Lipinski definition) is 5. The molecule has 2 rings (SSSR count). The van der Waals surface area contributed by atoms with Gasteiger partial charge in [0.15, 0.2) is 0 Å². The standard InChI is InChI=1S/C15H22FN3O3/c1-11(20)17-9-13(21)10-18-15-3-2-12(8-14(15)16)19-4-6-22-7-5-19/h2-3,8,13,18,21H,4-7,9-10H2,1H3,(H,17,20). The van der Waals surface area contributed by atoms with Gasteiger partial charge in [0.2, 0.25) is 5.91 Å². The third-order valence-corrected chi connectivity index (χ3v) is 3.44. The quantitative estimate of drug-likeness (QED) is 0.716. The van der Waals surface area contributed by atoms with Crippen LogP contribution in [0, 0.1) is 5.82 Å². The van der Waals surface area contributed by atoms with Crippen molar-refractivity contribution in [1.82, 2.24) is 5.32 Å². The first-order valence-corrected chi connectivity index (χ1v) is 7.35. The first-order valence-electron chi connectivity index (χ1n) is 7.35. The zero-order chi connectivity index (χ0) is 15.9. The van der Waals surface area contributed by atoms with Crippen LogP contribution in [0.3, 0.4) is 0 Å². The number of halogens is 1. The molecule has 0 spiro atoms. The van der Waals surface area contributed by atoms with Crippen molar-refractivity contribution < 1.29 is 19.0 Å². The highest BCUT2D eigenvalue weighted by Crippen LogP contribution is 2.22. The van der Waals surface area contributed by atoms with Crippen LogP contribution in [-0.2, 0) is 9.53 Å². The van der Waals surface area contributed by atoms with Gasteiger partial charge in [0.05, 0.1) is 25.0 Å². The average Bonchev–Trinajstić information content (AvgIpc) is 2.52. The van der Waals surface area contributed by atoms with E-state index in [1.165, 1.54) is 13.0 Å². The largest absolute Gasteiger partial charge is 0.389 e. The van der Waals surface area contributed by atoms with Crippen molar-refractivity contribution >= 4 is 17.3 Å². The Balaban J connectivity index is 1.88. The van der Waals surface area contributed by atoms with Crippen LogP contribution in [0.1, 0.15) is 6.92 Å². The number of nitrogens with one attached hydrogen (secondary N) is 2. The maximum absolute atomic E-state index is 14.1. The van der Waals surface area contributed by atoms with Crippen LogP contribution >= 0.6 is 0 Å². The van der Waals surface area contributed by atoms with E-state index in [1.807, 2.05) is 6.07 Å². The molecule has 22 heavy (non-hydrogen) atoms. The van der Waals surface area contributed by atoms with Gasteiger partial charge in [0, 0.05) is 38.8 Å². The van der Waals surface area contributed by atoms with Crippen molar-refractivity contribution in [1.29, 1.82) is 0 Å². The fourth-order valence-electron chi connectivity index (χ4n) is 2.23. The zero-order valence-electron chi connectivity index (χ0n) is 12.6. The number of anilines is 2. The van der Waals surface area contributed by atoms with E-state index in [1.54, 1.807) is 6.07 Å². The monoisotopic (exact) mass is 311 g/mol. The lowest BCUT2D eigenvalue weighted by atomic mass is 10.2. The highest BCUT2D eigenvalue weighted by atomic mass is 19.1. The number of rotatable bonds is 6. The van der Waals surface area contributed by atoms with Crippen molar-refractivity contribution in [3.63, 3.8) is 0 Å². The molecule has 1 saturated heterocycles. The van der Waals surface area contributed by atoms with Gasteiger partial charge in [-0.05, 0) is 18.2 Å². The first kappa shape index (κ1) is 16.5. The van der Waals surface area contributed by atoms with Gasteiger partial charge in [-0.25, -0.2) is 4.39 Å². The van der Waals surface area contributed by atoms with E-state index in [4.69, 9.17) is 4.74 Å². The Hall–Kier alpha value is -1.86. The van der Waals surface area contributed by atoms with Gasteiger partial charge >= 0.3 is 0 Å². The molecule has 1 unspecified atom stereocenters. The Bertz CT molecular complexity index is 507. The molecule has 1 aromatic rings. The molecule has 3 N–H and O–H groups in total. The van der Waals surface area contributed by atoms with Crippen molar-refractivity contribution in [3.05, 3.63) is 24.0 Å². The second-order valence-electron chi connectivity index (χ2n) is 5.24. The van der Waals surface area contributed by atoms with Gasteiger partial charge in [-0.1, -0.05) is 0 Å². The summed E-state index contributed by atoms with van der Waals surface area (Å²) >= 11 is 0. The maximum Gasteiger partial charge on any atom is 0.216 e. The molecule has 6 nitrogen and oxygen atoms in total. The molecule has 1 fully saturated rings. The molecule has 0 aliphatic carbocycles. The number of hydrogen-bond donors (Lipinski definition) is 3. The van der Waals surface area contributed by atoms with E-state index in [0.717, 1.165) is 18.8 Å². The van der Waals surface area contributed by atoms with Gasteiger partial charge in [-0.15, -0.1) is 0 Å². The van der Waals surface area contributed by atoms with Crippen LogP contribution in [-0.4, -0.2) is 56.5 Å². The second kappa shape index (κ2) is 7.95. The summed E-state index contributed by atoms with van der Waals surface area (Å²) in [6.45, 7) is 4.48. The van der Waals surface area contributed by atoms with Crippen LogP contribution in [0.15, 0.2) is 18.2 Å². The predicted molar refractivity (Wildman–Crippen MR) is 82.6 cm³/mol. The number of amides is 1. The molecule has 1 heterocycles. The summed E-state index contributed by atoms with van der Waals surface area (Å²) in [7, 11) is 0. The highest BCUT2D eigenvalue weighted by Gasteiger charge is 2.13. The molecule has 0 radical (unpaired) electrons. The van der Waals surface area contributed by atoms with Crippen molar-refractivity contribution in [2.45, 2.75) is 13.0 Å². The summed E-state index contributed by atoms with van der Waals surface area (Å²) < 4.78 is 19.4. The molecule has 1 atom stereocenters. The van der Waals surface area contributed by atoms with Crippen molar-refractivity contribution in [2.75, 3.05) is 49.6 Å². The summed E-state index contributed by atoms with van der Waals surface area (Å²) in [5.41, 5.74) is 1.16. The molecule has 1 aromatic carbocycles. The number of carbonyl (C=O) groups is 1. The molecule has 0 bridgehead atoms. The molecular weight excluding hydrogens is 289 g/mol. The number of ether oxygens (including phenoxy) is 1. The van der Waals surface area contributed by atoms with E-state index in [9.17, 15) is 14.3 Å². The second-order valence-corrected chi connectivity index (χ2v) is 5.24. The predicted octanol–water partition coefficient (Wildman–Crippen LogP) is 0.571. The Kier molecular flexibility index (Phi) is 5.97. The van der Waals surface area contributed by atoms with Gasteiger partial charge < -0.3 is 25.4 Å². The van der Waals surface area contributed by atoms with Crippen molar-refractivity contribution in [2.24, 2.45) is 0 Å². The highest BCUT2D eigenvalue weighted by molar-refractivity contribution is 5.72. The summed E-state index contributed by atoms with van der Waals surface area (Å²) in [5.74, 6) is -0.573. The van der Waals surface area contributed by atoms with E-state index in [-0.39, 0.29) is 24.8 Å². The Morgan fingerprint density at radius 1 is 1.41 bits per heavy atom. The number of benzene rings is 1. The molecule has 0 saturated carbocycles. The molecule has 1 aliphatic heterocycles. The van der Waals surface area contributed by atoms with E-state index >= 15 is 0 Å². The molecule has 1 amide bonds. The maximum atomic E-state index is 14.1. The fourth-order valence-corrected chi connectivity index (χ4v) is 2.23. The number of nitrogens with zero attached hydrogens (tertiary/aromatic N) is 1. The number of aliphatic hydroxyl groups is 1. The molecule has 1 aliphatic rings. The van der Waals surface area contributed by atoms with Gasteiger partial charge in [0.1, 0.15) is 5.82 Å². The lowest BCUT2D eigenvalue weighted by molar-refractivity contribution is -0.119. The van der Waals surface area contributed by atoms with Crippen LogP contribution in [0.2, 0.25) is 0 Å². The molecule has 122 valence electrons. The summed E-state index contributed by atoms with van der Waals surface area (Å²) in [6, 6.07) is 4.98. The van der Waals surface area contributed by atoms with Crippen LogP contribution < -0.4 is 15.5 Å². The number of aliphatic hydroxyl groups excluding tert-OH is 1. The molecule has 7 heteroatoms. The summed E-state index contributed by atoms with van der Waals surface area (Å²) in [4.78, 5) is 12.8. The van der Waals surface area contributed by atoms with Crippen molar-refractivity contribution in [3.8, 4) is 0 Å². The Morgan fingerprint density at radius 2 is 2.14 bits per heavy atom. The van der Waals surface area contributed by atoms with Crippen LogP contribution in [0.25, 0.3) is 0 Å². The fraction of sp³-hybridized carbons (Fsp3) is 0.533. The normalized spacial score (nSPS) is 16.2. The van der Waals surface area contributed by atoms with Crippen LogP contribution in [0.5, 0.6) is 0 Å². The number of morpholine rings is 1. The zero-order valence-corrected chi connectivity index (χ0v) is 12.6. The first-order chi connectivity index (χ1) is 10.6. The summed E-state index contributed by atoms with van der Waals surface area (Å²) in [6.07, 6.45) is -0.776. The SMILES string of the molecule is CC(=O)NCC(O)CNc1ccc(N2CCOCC2)cc1F. The third kappa shape index (κ3) is 4.85. The minimum Gasteiger partial charge on any atom is -0.389 e. The topological polar surface area (TPSA) is 73.8 Å².